The van der Waals surface area contributed by atoms with E-state index < -0.39 is 11.9 Å². The summed E-state index contributed by atoms with van der Waals surface area (Å²) in [4.78, 5) is 28.3. The van der Waals surface area contributed by atoms with Crippen molar-refractivity contribution in [1.29, 1.82) is 0 Å². The minimum atomic E-state index is -0.564. The average Bonchev–Trinajstić information content (AvgIpc) is 3.50. The molecule has 0 radical (unpaired) electrons. The number of hydrogen-bond donors (Lipinski definition) is 0. The normalized spacial score (nSPS) is 13.9. The molecule has 9 nitrogen and oxygen atoms in total. The molecule has 0 N–H and O–H groups in total. The fraction of sp³-hybridized carbons (Fsp3) is 0.192. The first-order valence-corrected chi connectivity index (χ1v) is 10.7. The molecule has 35 heavy (non-hydrogen) atoms. The van der Waals surface area contributed by atoms with E-state index in [9.17, 15) is 9.59 Å². The molecule has 0 saturated heterocycles. The van der Waals surface area contributed by atoms with E-state index in [2.05, 4.69) is 9.73 Å². The Labute approximate surface area is 201 Å². The third kappa shape index (κ3) is 5.52. The molecule has 1 aliphatic rings. The number of ether oxygens (including phenoxy) is 5. The Morgan fingerprint density at radius 2 is 1.89 bits per heavy atom. The van der Waals surface area contributed by atoms with Crippen LogP contribution in [0.3, 0.4) is 0 Å². The van der Waals surface area contributed by atoms with Gasteiger partial charge in [0.25, 0.3) is 0 Å². The molecule has 0 saturated carbocycles. The van der Waals surface area contributed by atoms with Gasteiger partial charge in [0.05, 0.1) is 20.8 Å². The number of methoxy groups -OCH3 is 2. The summed E-state index contributed by atoms with van der Waals surface area (Å²) in [5.74, 6) is 1.21. The minimum Gasteiger partial charge on any atom is -0.497 e. The van der Waals surface area contributed by atoms with Gasteiger partial charge in [-0.1, -0.05) is 12.1 Å². The number of nitrogens with zero attached hydrogens (tertiary/aromatic N) is 1. The van der Waals surface area contributed by atoms with Crippen LogP contribution in [0.25, 0.3) is 6.08 Å². The molecular weight excluding hydrogens is 454 g/mol. The SMILES string of the molecule is CCOc1cc(/C=C2\N=C(c3cccc(OC)c3)OC2=O)ccc1OCc1ccc(C(=O)OC)o1. The molecule has 0 spiro atoms. The first-order valence-electron chi connectivity index (χ1n) is 10.7. The van der Waals surface area contributed by atoms with Crippen molar-refractivity contribution in [2.45, 2.75) is 13.5 Å². The monoisotopic (exact) mass is 477 g/mol. The van der Waals surface area contributed by atoms with Crippen LogP contribution in [0.5, 0.6) is 17.2 Å². The van der Waals surface area contributed by atoms with E-state index in [-0.39, 0.29) is 24.0 Å². The second kappa shape index (κ2) is 10.6. The highest BCUT2D eigenvalue weighted by molar-refractivity contribution is 6.13. The molecule has 1 aromatic heterocycles. The van der Waals surface area contributed by atoms with Gasteiger partial charge < -0.3 is 28.1 Å². The molecule has 0 unspecified atom stereocenters. The third-order valence-electron chi connectivity index (χ3n) is 4.93. The number of carbonyl (C=O) groups is 2. The summed E-state index contributed by atoms with van der Waals surface area (Å²) in [6.45, 7) is 2.34. The van der Waals surface area contributed by atoms with E-state index in [1.807, 2.05) is 6.92 Å². The molecule has 2 aromatic carbocycles. The largest absolute Gasteiger partial charge is 0.497 e. The first-order chi connectivity index (χ1) is 17.0. The number of cyclic esters (lactones) is 1. The lowest BCUT2D eigenvalue weighted by Crippen LogP contribution is -2.05. The van der Waals surface area contributed by atoms with Crippen molar-refractivity contribution in [1.82, 2.24) is 0 Å². The van der Waals surface area contributed by atoms with Crippen molar-refractivity contribution in [3.05, 3.63) is 82.9 Å². The van der Waals surface area contributed by atoms with Crippen LogP contribution in [0.4, 0.5) is 0 Å². The van der Waals surface area contributed by atoms with Crippen LogP contribution < -0.4 is 14.2 Å². The zero-order valence-electron chi connectivity index (χ0n) is 19.4. The Hall–Kier alpha value is -4.53. The van der Waals surface area contributed by atoms with Crippen LogP contribution in [0.1, 0.15) is 34.4 Å². The molecule has 3 aromatic rings. The fourth-order valence-electron chi connectivity index (χ4n) is 3.26. The Morgan fingerprint density at radius 3 is 2.66 bits per heavy atom. The maximum Gasteiger partial charge on any atom is 0.373 e. The number of carbonyl (C=O) groups excluding carboxylic acids is 2. The van der Waals surface area contributed by atoms with Gasteiger partial charge in [0.1, 0.15) is 18.1 Å². The summed E-state index contributed by atoms with van der Waals surface area (Å²) >= 11 is 0. The van der Waals surface area contributed by atoms with E-state index in [0.717, 1.165) is 0 Å². The van der Waals surface area contributed by atoms with Crippen molar-refractivity contribution in [3.8, 4) is 17.2 Å². The second-order valence-corrected chi connectivity index (χ2v) is 7.25. The fourth-order valence-corrected chi connectivity index (χ4v) is 3.26. The highest BCUT2D eigenvalue weighted by Crippen LogP contribution is 2.31. The van der Waals surface area contributed by atoms with Gasteiger partial charge in [-0.25, -0.2) is 14.6 Å². The van der Waals surface area contributed by atoms with Crippen molar-refractivity contribution in [3.63, 3.8) is 0 Å². The molecule has 0 aliphatic carbocycles. The van der Waals surface area contributed by atoms with Crippen molar-refractivity contribution >= 4 is 23.9 Å². The minimum absolute atomic E-state index is 0.0814. The van der Waals surface area contributed by atoms with Gasteiger partial charge in [-0.05, 0) is 61.0 Å². The van der Waals surface area contributed by atoms with Crippen LogP contribution >= 0.6 is 0 Å². The lowest BCUT2D eigenvalue weighted by molar-refractivity contribution is -0.129. The molecule has 0 fully saturated rings. The van der Waals surface area contributed by atoms with Crippen LogP contribution in [0, 0.1) is 0 Å². The predicted molar refractivity (Wildman–Crippen MR) is 126 cm³/mol. The third-order valence-corrected chi connectivity index (χ3v) is 4.93. The van der Waals surface area contributed by atoms with Gasteiger partial charge in [-0.2, -0.15) is 0 Å². The molecule has 0 bridgehead atoms. The molecule has 4 rings (SSSR count). The summed E-state index contributed by atoms with van der Waals surface area (Å²) in [6, 6.07) is 15.5. The van der Waals surface area contributed by atoms with Crippen molar-refractivity contribution < 1.29 is 37.7 Å². The summed E-state index contributed by atoms with van der Waals surface area (Å²) in [5, 5.41) is 0. The van der Waals surface area contributed by atoms with Gasteiger partial charge in [0.2, 0.25) is 11.7 Å². The summed E-state index contributed by atoms with van der Waals surface area (Å²) in [6.07, 6.45) is 1.61. The van der Waals surface area contributed by atoms with E-state index >= 15 is 0 Å². The first kappa shape index (κ1) is 23.6. The topological polar surface area (TPSA) is 106 Å². The number of aliphatic imine (C=N–C) groups is 1. The number of furan rings is 1. The van der Waals surface area contributed by atoms with Gasteiger partial charge in [-0.15, -0.1) is 0 Å². The lowest BCUT2D eigenvalue weighted by Gasteiger charge is -2.12. The molecular formula is C26H23NO8. The maximum absolute atomic E-state index is 12.4. The zero-order chi connectivity index (χ0) is 24.8. The van der Waals surface area contributed by atoms with Crippen LogP contribution in [0.15, 0.2) is 69.7 Å². The molecule has 1 aliphatic heterocycles. The molecule has 9 heteroatoms. The Kier molecular flexibility index (Phi) is 7.15. The zero-order valence-corrected chi connectivity index (χ0v) is 19.4. The molecule has 0 amide bonds. The van der Waals surface area contributed by atoms with Gasteiger partial charge >= 0.3 is 11.9 Å². The Morgan fingerprint density at radius 1 is 1.03 bits per heavy atom. The number of hydrogen-bond acceptors (Lipinski definition) is 9. The summed E-state index contributed by atoms with van der Waals surface area (Å²) in [5.41, 5.74) is 1.47. The summed E-state index contributed by atoms with van der Waals surface area (Å²) in [7, 11) is 2.84. The van der Waals surface area contributed by atoms with E-state index in [1.54, 1.807) is 61.7 Å². The molecule has 0 atom stereocenters. The molecule has 2 heterocycles. The van der Waals surface area contributed by atoms with E-state index in [1.165, 1.54) is 13.2 Å². The molecule has 180 valence electrons. The van der Waals surface area contributed by atoms with Crippen molar-refractivity contribution in [2.75, 3.05) is 20.8 Å². The van der Waals surface area contributed by atoms with Crippen LogP contribution in [0.2, 0.25) is 0 Å². The second-order valence-electron chi connectivity index (χ2n) is 7.25. The van der Waals surface area contributed by atoms with Crippen LogP contribution in [-0.2, 0) is 20.9 Å². The number of benzene rings is 2. The number of esters is 2. The van der Waals surface area contributed by atoms with E-state index in [4.69, 9.17) is 23.4 Å². The highest BCUT2D eigenvalue weighted by atomic mass is 16.6. The van der Waals surface area contributed by atoms with Crippen LogP contribution in [-0.4, -0.2) is 38.7 Å². The Bertz CT molecular complexity index is 1300. The maximum atomic E-state index is 12.4. The standard InChI is InChI=1S/C26H23NO8/c1-4-32-23-13-16(8-10-21(23)33-15-19-9-11-22(34-19)26(29)31-3)12-20-25(28)35-24(27-20)17-6-5-7-18(14-17)30-2/h5-14H,4,15H2,1-3H3/b20-12-. The average molecular weight is 477 g/mol. The predicted octanol–water partition coefficient (Wildman–Crippen LogP) is 4.40. The van der Waals surface area contributed by atoms with Crippen molar-refractivity contribution in [2.24, 2.45) is 4.99 Å². The summed E-state index contributed by atoms with van der Waals surface area (Å²) < 4.78 is 32.1. The highest BCUT2D eigenvalue weighted by Gasteiger charge is 2.24. The lowest BCUT2D eigenvalue weighted by atomic mass is 10.1. The Balaban J connectivity index is 1.52. The van der Waals surface area contributed by atoms with Gasteiger partial charge in [-0.3, -0.25) is 0 Å². The smallest absolute Gasteiger partial charge is 0.373 e. The van der Waals surface area contributed by atoms with E-state index in [0.29, 0.717) is 40.7 Å². The van der Waals surface area contributed by atoms with Gasteiger partial charge in [0.15, 0.2) is 17.2 Å². The quantitative estimate of drug-likeness (QED) is 0.330. The van der Waals surface area contributed by atoms with Gasteiger partial charge in [0, 0.05) is 5.56 Å². The number of rotatable bonds is 9.